The Morgan fingerprint density at radius 1 is 1.21 bits per heavy atom. The third-order valence-electron chi connectivity index (χ3n) is 5.34. The molecule has 2 aliphatic heterocycles. The van der Waals surface area contributed by atoms with Crippen molar-refractivity contribution in [2.24, 2.45) is 5.41 Å². The van der Waals surface area contributed by atoms with Gasteiger partial charge in [-0.15, -0.1) is 0 Å². The molecule has 2 fully saturated rings. The summed E-state index contributed by atoms with van der Waals surface area (Å²) in [4.78, 5) is 29.1. The topological polar surface area (TPSA) is 40.6 Å². The van der Waals surface area contributed by atoms with Gasteiger partial charge in [0.15, 0.2) is 0 Å². The van der Waals surface area contributed by atoms with E-state index in [1.54, 1.807) is 11.8 Å². The first-order valence-electron chi connectivity index (χ1n) is 8.75. The van der Waals surface area contributed by atoms with Crippen molar-refractivity contribution in [2.75, 3.05) is 38.2 Å². The molecule has 2 saturated heterocycles. The Morgan fingerprint density at radius 2 is 1.96 bits per heavy atom. The molecule has 1 spiro atoms. The lowest BCUT2D eigenvalue weighted by atomic mass is 9.85. The third-order valence-corrected chi connectivity index (χ3v) is 5.95. The Morgan fingerprint density at radius 3 is 2.71 bits per heavy atom. The molecule has 0 N–H and O–H groups in total. The summed E-state index contributed by atoms with van der Waals surface area (Å²) in [5, 5.41) is 0. The van der Waals surface area contributed by atoms with Crippen LogP contribution in [0.2, 0.25) is 0 Å². The minimum atomic E-state index is -0.300. The number of carbonyl (C=O) groups excluding carboxylic acids is 2. The molecule has 2 aliphatic rings. The molecule has 0 aliphatic carbocycles. The smallest absolute Gasteiger partial charge is 0.230 e. The molecule has 1 unspecified atom stereocenters. The summed E-state index contributed by atoms with van der Waals surface area (Å²) >= 11 is 1.70. The van der Waals surface area contributed by atoms with Gasteiger partial charge in [-0.1, -0.05) is 30.3 Å². The van der Waals surface area contributed by atoms with Crippen LogP contribution in [-0.4, -0.2) is 59.8 Å². The number of amides is 2. The van der Waals surface area contributed by atoms with Gasteiger partial charge in [0.05, 0.1) is 5.41 Å². The van der Waals surface area contributed by atoms with Crippen LogP contribution in [0.15, 0.2) is 30.3 Å². The van der Waals surface area contributed by atoms with Crippen LogP contribution in [-0.2, 0) is 16.0 Å². The lowest BCUT2D eigenvalue weighted by molar-refractivity contribution is -0.136. The molecule has 0 radical (unpaired) electrons. The molecule has 130 valence electrons. The average molecular weight is 346 g/mol. The van der Waals surface area contributed by atoms with Gasteiger partial charge in [-0.05, 0) is 31.1 Å². The fourth-order valence-electron chi connectivity index (χ4n) is 3.83. The molecule has 24 heavy (non-hydrogen) atoms. The van der Waals surface area contributed by atoms with E-state index in [0.717, 1.165) is 44.6 Å². The first-order valence-corrected chi connectivity index (χ1v) is 10.1. The number of thioether (sulfide) groups is 1. The van der Waals surface area contributed by atoms with Crippen LogP contribution in [0.25, 0.3) is 0 Å². The van der Waals surface area contributed by atoms with Gasteiger partial charge in [-0.3, -0.25) is 9.59 Å². The second-order valence-electron chi connectivity index (χ2n) is 6.87. The van der Waals surface area contributed by atoms with E-state index in [1.165, 1.54) is 5.56 Å². The Bertz CT molecular complexity index is 592. The Hall–Kier alpha value is -1.49. The third kappa shape index (κ3) is 3.61. The molecule has 1 atom stereocenters. The lowest BCUT2D eigenvalue weighted by Gasteiger charge is -2.23. The maximum Gasteiger partial charge on any atom is 0.230 e. The quantitative estimate of drug-likeness (QED) is 0.794. The zero-order valence-corrected chi connectivity index (χ0v) is 15.2. The van der Waals surface area contributed by atoms with Crippen molar-refractivity contribution < 1.29 is 9.59 Å². The van der Waals surface area contributed by atoms with Crippen LogP contribution in [0.1, 0.15) is 24.8 Å². The summed E-state index contributed by atoms with van der Waals surface area (Å²) in [6, 6.07) is 10.3. The number of benzene rings is 1. The molecule has 0 saturated carbocycles. The lowest BCUT2D eigenvalue weighted by Crippen LogP contribution is -2.39. The summed E-state index contributed by atoms with van der Waals surface area (Å²) < 4.78 is 0. The van der Waals surface area contributed by atoms with Gasteiger partial charge in [0.2, 0.25) is 11.8 Å². The highest BCUT2D eigenvalue weighted by Gasteiger charge is 2.51. The monoisotopic (exact) mass is 346 g/mol. The van der Waals surface area contributed by atoms with E-state index in [1.807, 2.05) is 34.3 Å². The zero-order chi connectivity index (χ0) is 17.0. The Kier molecular flexibility index (Phi) is 5.49. The number of nitrogens with zero attached hydrogens (tertiary/aromatic N) is 2. The largest absolute Gasteiger partial charge is 0.342 e. The predicted molar refractivity (Wildman–Crippen MR) is 98.0 cm³/mol. The molecule has 1 aromatic carbocycles. The van der Waals surface area contributed by atoms with Crippen molar-refractivity contribution in [3.05, 3.63) is 35.9 Å². The molecular weight excluding hydrogens is 320 g/mol. The molecule has 3 rings (SSSR count). The number of likely N-dealkylation sites (tertiary alicyclic amines) is 2. The van der Waals surface area contributed by atoms with E-state index >= 15 is 0 Å². The zero-order valence-electron chi connectivity index (χ0n) is 14.4. The van der Waals surface area contributed by atoms with Crippen molar-refractivity contribution in [2.45, 2.75) is 25.7 Å². The molecule has 5 heteroatoms. The van der Waals surface area contributed by atoms with E-state index in [4.69, 9.17) is 0 Å². The Balaban J connectivity index is 1.55. The number of hydrogen-bond acceptors (Lipinski definition) is 3. The summed E-state index contributed by atoms with van der Waals surface area (Å²) in [6.45, 7) is 2.98. The SMILES string of the molecule is CSCCC(=O)N1CCC2(CCN(CCc3ccccc3)C2=O)C1. The summed E-state index contributed by atoms with van der Waals surface area (Å²) in [5.74, 6) is 1.33. The standard InChI is InChI=1S/C19H26N2O2S/c1-24-14-8-17(22)21-13-10-19(15-21)9-12-20(18(19)23)11-7-16-5-3-2-4-6-16/h2-6H,7-15H2,1H3. The predicted octanol–water partition coefficient (Wildman–Crippen LogP) is 2.43. The highest BCUT2D eigenvalue weighted by molar-refractivity contribution is 7.98. The minimum absolute atomic E-state index is 0.205. The highest BCUT2D eigenvalue weighted by atomic mass is 32.2. The van der Waals surface area contributed by atoms with E-state index in [-0.39, 0.29) is 17.2 Å². The van der Waals surface area contributed by atoms with E-state index < -0.39 is 0 Å². The van der Waals surface area contributed by atoms with Gasteiger partial charge in [0, 0.05) is 38.4 Å². The number of rotatable bonds is 6. The van der Waals surface area contributed by atoms with Crippen LogP contribution >= 0.6 is 11.8 Å². The van der Waals surface area contributed by atoms with Crippen LogP contribution < -0.4 is 0 Å². The maximum absolute atomic E-state index is 12.9. The second kappa shape index (κ2) is 7.60. The van der Waals surface area contributed by atoms with E-state index in [0.29, 0.717) is 13.0 Å². The van der Waals surface area contributed by atoms with Crippen molar-refractivity contribution >= 4 is 23.6 Å². The Labute approximate surface area is 148 Å². The molecule has 0 bridgehead atoms. The highest BCUT2D eigenvalue weighted by Crippen LogP contribution is 2.40. The first kappa shape index (κ1) is 17.3. The van der Waals surface area contributed by atoms with Gasteiger partial charge < -0.3 is 9.80 Å². The normalized spacial score (nSPS) is 23.5. The minimum Gasteiger partial charge on any atom is -0.342 e. The van der Waals surface area contributed by atoms with Crippen LogP contribution in [0.5, 0.6) is 0 Å². The van der Waals surface area contributed by atoms with Gasteiger partial charge in [-0.25, -0.2) is 0 Å². The van der Waals surface area contributed by atoms with Crippen molar-refractivity contribution in [3.63, 3.8) is 0 Å². The van der Waals surface area contributed by atoms with Crippen molar-refractivity contribution in [1.82, 2.24) is 9.80 Å². The molecule has 4 nitrogen and oxygen atoms in total. The van der Waals surface area contributed by atoms with Gasteiger partial charge in [0.1, 0.15) is 0 Å². The summed E-state index contributed by atoms with van der Waals surface area (Å²) in [7, 11) is 0. The van der Waals surface area contributed by atoms with Crippen LogP contribution in [0.4, 0.5) is 0 Å². The average Bonchev–Trinajstić information content (AvgIpc) is 3.18. The number of carbonyl (C=O) groups is 2. The molecular formula is C19H26N2O2S. The van der Waals surface area contributed by atoms with Crippen molar-refractivity contribution in [1.29, 1.82) is 0 Å². The van der Waals surface area contributed by atoms with Crippen LogP contribution in [0.3, 0.4) is 0 Å². The fourth-order valence-corrected chi connectivity index (χ4v) is 4.21. The van der Waals surface area contributed by atoms with Gasteiger partial charge >= 0.3 is 0 Å². The van der Waals surface area contributed by atoms with Crippen LogP contribution in [0, 0.1) is 5.41 Å². The molecule has 2 amide bonds. The molecule has 0 aromatic heterocycles. The van der Waals surface area contributed by atoms with Gasteiger partial charge in [-0.2, -0.15) is 11.8 Å². The molecule has 2 heterocycles. The van der Waals surface area contributed by atoms with Crippen molar-refractivity contribution in [3.8, 4) is 0 Å². The summed E-state index contributed by atoms with van der Waals surface area (Å²) in [5.41, 5.74) is 0.970. The maximum atomic E-state index is 12.9. The summed E-state index contributed by atoms with van der Waals surface area (Å²) in [6.07, 6.45) is 5.23. The fraction of sp³-hybridized carbons (Fsp3) is 0.579. The number of hydrogen-bond donors (Lipinski definition) is 0. The van der Waals surface area contributed by atoms with Gasteiger partial charge in [0.25, 0.3) is 0 Å². The van der Waals surface area contributed by atoms with E-state index in [9.17, 15) is 9.59 Å². The molecule has 1 aromatic rings. The first-order chi connectivity index (χ1) is 11.6. The second-order valence-corrected chi connectivity index (χ2v) is 7.85. The van der Waals surface area contributed by atoms with E-state index in [2.05, 4.69) is 12.1 Å².